The molecule has 0 aliphatic carbocycles. The molecule has 20 heavy (non-hydrogen) atoms. The molecule has 0 saturated heterocycles. The van der Waals surface area contributed by atoms with Crippen molar-refractivity contribution < 1.29 is 14.3 Å². The summed E-state index contributed by atoms with van der Waals surface area (Å²) in [6.45, 7) is 3.88. The van der Waals surface area contributed by atoms with Gasteiger partial charge in [0.15, 0.2) is 0 Å². The van der Waals surface area contributed by atoms with Crippen molar-refractivity contribution in [2.24, 2.45) is 11.7 Å². The zero-order chi connectivity index (χ0) is 14.8. The molecule has 2 unspecified atom stereocenters. The highest BCUT2D eigenvalue weighted by Gasteiger charge is 2.21. The molecule has 0 heterocycles. The van der Waals surface area contributed by atoms with Crippen LogP contribution in [-0.2, 0) is 14.3 Å². The van der Waals surface area contributed by atoms with Gasteiger partial charge in [-0.3, -0.25) is 4.79 Å². The van der Waals surface area contributed by atoms with Gasteiger partial charge in [0.05, 0.1) is 25.7 Å². The molecular formula is C15H24N2O3. The summed E-state index contributed by atoms with van der Waals surface area (Å²) in [4.78, 5) is 12.0. The van der Waals surface area contributed by atoms with Gasteiger partial charge in [-0.05, 0) is 5.56 Å². The Morgan fingerprint density at radius 2 is 1.95 bits per heavy atom. The number of hydrogen-bond donors (Lipinski definition) is 2. The first-order valence-electron chi connectivity index (χ1n) is 6.81. The molecule has 112 valence electrons. The molecule has 0 fully saturated rings. The van der Waals surface area contributed by atoms with Crippen molar-refractivity contribution >= 4 is 5.91 Å². The van der Waals surface area contributed by atoms with Crippen molar-refractivity contribution in [1.82, 2.24) is 5.32 Å². The van der Waals surface area contributed by atoms with E-state index in [-0.39, 0.29) is 17.9 Å². The molecule has 0 spiro atoms. The fraction of sp³-hybridized carbons (Fsp3) is 0.533. The van der Waals surface area contributed by atoms with Crippen LogP contribution in [-0.4, -0.2) is 39.4 Å². The van der Waals surface area contributed by atoms with Crippen LogP contribution in [0.5, 0.6) is 0 Å². The zero-order valence-corrected chi connectivity index (χ0v) is 12.2. The summed E-state index contributed by atoms with van der Waals surface area (Å²) in [5.74, 6) is -0.340. The Balaban J connectivity index is 2.28. The zero-order valence-electron chi connectivity index (χ0n) is 12.2. The Morgan fingerprint density at radius 1 is 1.25 bits per heavy atom. The van der Waals surface area contributed by atoms with Gasteiger partial charge in [-0.2, -0.15) is 0 Å². The predicted octanol–water partition coefficient (Wildman–Crippen LogP) is 1.10. The normalized spacial score (nSPS) is 13.8. The first kappa shape index (κ1) is 16.6. The summed E-state index contributed by atoms with van der Waals surface area (Å²) in [5.41, 5.74) is 7.07. The maximum absolute atomic E-state index is 12.0. The molecule has 5 nitrogen and oxygen atoms in total. The van der Waals surface area contributed by atoms with Crippen LogP contribution >= 0.6 is 0 Å². The highest BCUT2D eigenvalue weighted by molar-refractivity contribution is 5.79. The number of nitrogens with one attached hydrogen (secondary N) is 1. The van der Waals surface area contributed by atoms with Gasteiger partial charge in [0.1, 0.15) is 0 Å². The Hall–Kier alpha value is -1.43. The average molecular weight is 280 g/mol. The van der Waals surface area contributed by atoms with Gasteiger partial charge < -0.3 is 20.5 Å². The minimum absolute atomic E-state index is 0.0586. The monoisotopic (exact) mass is 280 g/mol. The molecule has 0 aliphatic heterocycles. The van der Waals surface area contributed by atoms with E-state index in [0.29, 0.717) is 26.4 Å². The molecule has 1 aromatic carbocycles. The third-order valence-electron chi connectivity index (χ3n) is 3.11. The van der Waals surface area contributed by atoms with Crippen molar-refractivity contribution in [3.63, 3.8) is 0 Å². The van der Waals surface area contributed by atoms with E-state index in [1.165, 1.54) is 0 Å². The van der Waals surface area contributed by atoms with E-state index in [9.17, 15) is 4.79 Å². The lowest BCUT2D eigenvalue weighted by Crippen LogP contribution is -2.37. The molecule has 1 rings (SSSR count). The molecule has 0 saturated carbocycles. The third-order valence-corrected chi connectivity index (χ3v) is 3.11. The first-order valence-corrected chi connectivity index (χ1v) is 6.81. The van der Waals surface area contributed by atoms with E-state index in [0.717, 1.165) is 5.56 Å². The van der Waals surface area contributed by atoms with E-state index in [1.54, 1.807) is 7.11 Å². The summed E-state index contributed by atoms with van der Waals surface area (Å²) in [5, 5.41) is 2.83. The van der Waals surface area contributed by atoms with Crippen molar-refractivity contribution in [2.45, 2.75) is 13.0 Å². The SMILES string of the molecule is COCCOCCNC(=O)C(C)C(N)c1ccccc1. The average Bonchev–Trinajstić information content (AvgIpc) is 2.50. The first-order chi connectivity index (χ1) is 9.66. The Kier molecular flexibility index (Phi) is 7.87. The van der Waals surface area contributed by atoms with E-state index in [1.807, 2.05) is 37.3 Å². The number of methoxy groups -OCH3 is 1. The number of ether oxygens (including phenoxy) is 2. The van der Waals surface area contributed by atoms with Crippen LogP contribution in [0.2, 0.25) is 0 Å². The maximum Gasteiger partial charge on any atom is 0.224 e. The lowest BCUT2D eigenvalue weighted by Gasteiger charge is -2.19. The molecule has 2 atom stereocenters. The lowest BCUT2D eigenvalue weighted by molar-refractivity contribution is -0.125. The van der Waals surface area contributed by atoms with Gasteiger partial charge in [-0.15, -0.1) is 0 Å². The van der Waals surface area contributed by atoms with Gasteiger partial charge in [0.2, 0.25) is 5.91 Å². The molecule has 0 aromatic heterocycles. The smallest absolute Gasteiger partial charge is 0.224 e. The lowest BCUT2D eigenvalue weighted by atomic mass is 9.95. The molecule has 1 aromatic rings. The van der Waals surface area contributed by atoms with Gasteiger partial charge in [-0.1, -0.05) is 37.3 Å². The second-order valence-electron chi connectivity index (χ2n) is 4.62. The number of carbonyl (C=O) groups excluding carboxylic acids is 1. The van der Waals surface area contributed by atoms with Crippen molar-refractivity contribution in [2.75, 3.05) is 33.5 Å². The maximum atomic E-state index is 12.0. The third kappa shape index (κ3) is 5.69. The van der Waals surface area contributed by atoms with Crippen LogP contribution in [0.15, 0.2) is 30.3 Å². The molecule has 1 amide bonds. The van der Waals surface area contributed by atoms with Crippen LogP contribution in [0, 0.1) is 5.92 Å². The van der Waals surface area contributed by atoms with E-state index in [4.69, 9.17) is 15.2 Å². The predicted molar refractivity (Wildman–Crippen MR) is 78.2 cm³/mol. The van der Waals surface area contributed by atoms with Gasteiger partial charge in [0, 0.05) is 19.7 Å². The molecule has 5 heteroatoms. The van der Waals surface area contributed by atoms with Gasteiger partial charge in [-0.25, -0.2) is 0 Å². The summed E-state index contributed by atoms with van der Waals surface area (Å²) in [7, 11) is 1.62. The Labute approximate surface area is 120 Å². The molecule has 3 N–H and O–H groups in total. The van der Waals surface area contributed by atoms with Crippen LogP contribution in [0.3, 0.4) is 0 Å². The highest BCUT2D eigenvalue weighted by Crippen LogP contribution is 2.18. The highest BCUT2D eigenvalue weighted by atomic mass is 16.5. The van der Waals surface area contributed by atoms with Crippen LogP contribution in [0.25, 0.3) is 0 Å². The topological polar surface area (TPSA) is 73.6 Å². The van der Waals surface area contributed by atoms with Crippen LogP contribution in [0.4, 0.5) is 0 Å². The van der Waals surface area contributed by atoms with E-state index >= 15 is 0 Å². The minimum atomic E-state index is -0.300. The summed E-state index contributed by atoms with van der Waals surface area (Å²) >= 11 is 0. The number of benzene rings is 1. The molecule has 0 aliphatic rings. The second kappa shape index (κ2) is 9.47. The standard InChI is InChI=1S/C15H24N2O3/c1-12(14(16)13-6-4-3-5-7-13)15(18)17-8-9-20-11-10-19-2/h3-7,12,14H,8-11,16H2,1-2H3,(H,17,18). The molecule has 0 bridgehead atoms. The fourth-order valence-corrected chi connectivity index (χ4v) is 1.78. The fourth-order valence-electron chi connectivity index (χ4n) is 1.78. The quantitative estimate of drug-likeness (QED) is 0.664. The van der Waals surface area contributed by atoms with Gasteiger partial charge >= 0.3 is 0 Å². The number of rotatable bonds is 9. The minimum Gasteiger partial charge on any atom is -0.382 e. The van der Waals surface area contributed by atoms with Crippen LogP contribution < -0.4 is 11.1 Å². The van der Waals surface area contributed by atoms with Crippen molar-refractivity contribution in [3.8, 4) is 0 Å². The number of nitrogens with two attached hydrogens (primary N) is 1. The number of amides is 1. The Bertz CT molecular complexity index is 384. The van der Waals surface area contributed by atoms with Gasteiger partial charge in [0.25, 0.3) is 0 Å². The van der Waals surface area contributed by atoms with Crippen molar-refractivity contribution in [3.05, 3.63) is 35.9 Å². The van der Waals surface area contributed by atoms with Crippen LogP contribution in [0.1, 0.15) is 18.5 Å². The number of hydrogen-bond acceptors (Lipinski definition) is 4. The van der Waals surface area contributed by atoms with E-state index < -0.39 is 0 Å². The van der Waals surface area contributed by atoms with E-state index in [2.05, 4.69) is 5.32 Å². The summed E-state index contributed by atoms with van der Waals surface area (Å²) in [6.07, 6.45) is 0. The summed E-state index contributed by atoms with van der Waals surface area (Å²) in [6, 6.07) is 9.33. The molecule has 0 radical (unpaired) electrons. The summed E-state index contributed by atoms with van der Waals surface area (Å²) < 4.78 is 10.1. The van der Waals surface area contributed by atoms with Crippen molar-refractivity contribution in [1.29, 1.82) is 0 Å². The second-order valence-corrected chi connectivity index (χ2v) is 4.62. The molecular weight excluding hydrogens is 256 g/mol. The largest absolute Gasteiger partial charge is 0.382 e. The number of carbonyl (C=O) groups is 1. The Morgan fingerprint density at radius 3 is 2.60 bits per heavy atom.